The van der Waals surface area contributed by atoms with Crippen LogP contribution in [-0.4, -0.2) is 53.3 Å². The molecular formula is C23H28N4O5. The molecule has 2 aromatic carbocycles. The van der Waals surface area contributed by atoms with Crippen LogP contribution in [0.2, 0.25) is 0 Å². The van der Waals surface area contributed by atoms with Crippen molar-refractivity contribution in [3.63, 3.8) is 0 Å². The van der Waals surface area contributed by atoms with Crippen LogP contribution in [0.25, 0.3) is 11.1 Å². The second-order valence-electron chi connectivity index (χ2n) is 7.86. The Bertz CT molecular complexity index is 938. The fourth-order valence-corrected chi connectivity index (χ4v) is 3.58. The number of nitrogens with one attached hydrogen (secondary N) is 4. The number of benzene rings is 2. The lowest BCUT2D eigenvalue weighted by Gasteiger charge is -2.21. The number of rotatable bonds is 7. The first-order valence-electron chi connectivity index (χ1n) is 10.5. The fourth-order valence-electron chi connectivity index (χ4n) is 3.58. The Morgan fingerprint density at radius 1 is 1.03 bits per heavy atom. The van der Waals surface area contributed by atoms with Gasteiger partial charge in [-0.1, -0.05) is 24.3 Å². The van der Waals surface area contributed by atoms with Crippen LogP contribution in [0.4, 0.5) is 5.69 Å². The largest absolute Gasteiger partial charge is 0.391 e. The summed E-state index contributed by atoms with van der Waals surface area (Å²) in [7, 11) is 0. The predicted octanol–water partition coefficient (Wildman–Crippen LogP) is 1.28. The number of hydroxylamine groups is 1. The number of amides is 3. The van der Waals surface area contributed by atoms with E-state index in [1.54, 1.807) is 24.3 Å². The Morgan fingerprint density at radius 3 is 2.19 bits per heavy atom. The molecule has 0 radical (unpaired) electrons. The Labute approximate surface area is 186 Å². The minimum Gasteiger partial charge on any atom is -0.391 e. The summed E-state index contributed by atoms with van der Waals surface area (Å²) >= 11 is 0. The van der Waals surface area contributed by atoms with E-state index < -0.39 is 24.0 Å². The number of carbonyl (C=O) groups excluding carboxylic acids is 3. The number of aliphatic hydroxyl groups is 1. The minimum atomic E-state index is -1.28. The van der Waals surface area contributed by atoms with E-state index in [0.717, 1.165) is 36.2 Å². The molecule has 0 aliphatic carbocycles. The molecule has 1 fully saturated rings. The Hall–Kier alpha value is -3.27. The van der Waals surface area contributed by atoms with Gasteiger partial charge < -0.3 is 21.1 Å². The van der Waals surface area contributed by atoms with Crippen molar-refractivity contribution in [2.75, 3.05) is 18.4 Å². The Balaban J connectivity index is 1.62. The van der Waals surface area contributed by atoms with Crippen LogP contribution in [0.15, 0.2) is 48.5 Å². The maximum absolute atomic E-state index is 12.4. The van der Waals surface area contributed by atoms with Gasteiger partial charge in [-0.2, -0.15) is 0 Å². The van der Waals surface area contributed by atoms with Gasteiger partial charge in [0.15, 0.2) is 0 Å². The lowest BCUT2D eigenvalue weighted by atomic mass is 9.98. The fraction of sp³-hybridized carbons (Fsp3) is 0.348. The van der Waals surface area contributed by atoms with E-state index in [1.165, 1.54) is 12.4 Å². The summed E-state index contributed by atoms with van der Waals surface area (Å²) in [6, 6.07) is 12.9. The molecule has 1 heterocycles. The first-order chi connectivity index (χ1) is 15.4. The van der Waals surface area contributed by atoms with Gasteiger partial charge in [0.05, 0.1) is 12.0 Å². The molecule has 0 saturated carbocycles. The minimum absolute atomic E-state index is 0.0148. The Kier molecular flexibility index (Phi) is 7.93. The van der Waals surface area contributed by atoms with Crippen LogP contribution >= 0.6 is 0 Å². The lowest BCUT2D eigenvalue weighted by Crippen LogP contribution is -2.51. The van der Waals surface area contributed by atoms with Crippen LogP contribution in [0, 0.1) is 5.92 Å². The summed E-state index contributed by atoms with van der Waals surface area (Å²) in [5.74, 6) is -1.46. The molecule has 3 rings (SSSR count). The molecule has 3 atom stereocenters. The number of hydrogen-bond acceptors (Lipinski definition) is 6. The van der Waals surface area contributed by atoms with Gasteiger partial charge in [-0.15, -0.1) is 0 Å². The zero-order chi connectivity index (χ0) is 23.1. The molecule has 3 amide bonds. The molecule has 1 unspecified atom stereocenters. The molecule has 9 nitrogen and oxygen atoms in total. The van der Waals surface area contributed by atoms with Gasteiger partial charge >= 0.3 is 0 Å². The predicted molar refractivity (Wildman–Crippen MR) is 119 cm³/mol. The SMILES string of the molecule is C[C@@H](O)[C@H](NC(=O)c1ccc(-c2ccc(NC(=O)C3CCCNC3)cc2)cc1)C(=O)NO. The highest BCUT2D eigenvalue weighted by molar-refractivity contribution is 5.98. The van der Waals surface area contributed by atoms with Crippen molar-refractivity contribution in [3.8, 4) is 11.1 Å². The summed E-state index contributed by atoms with van der Waals surface area (Å²) in [6.45, 7) is 2.99. The Morgan fingerprint density at radius 2 is 1.66 bits per heavy atom. The number of carbonyl (C=O) groups is 3. The first kappa shape index (κ1) is 23.4. The van der Waals surface area contributed by atoms with Gasteiger partial charge in [-0.05, 0) is 61.7 Å². The van der Waals surface area contributed by atoms with Crippen LogP contribution in [-0.2, 0) is 9.59 Å². The molecule has 170 valence electrons. The zero-order valence-electron chi connectivity index (χ0n) is 17.8. The van der Waals surface area contributed by atoms with Crippen molar-refractivity contribution < 1.29 is 24.7 Å². The molecule has 1 aliphatic heterocycles. The molecular weight excluding hydrogens is 412 g/mol. The molecule has 2 aromatic rings. The number of anilines is 1. The zero-order valence-corrected chi connectivity index (χ0v) is 17.8. The monoisotopic (exact) mass is 440 g/mol. The van der Waals surface area contributed by atoms with E-state index in [-0.39, 0.29) is 11.8 Å². The van der Waals surface area contributed by atoms with Gasteiger partial charge in [0.1, 0.15) is 6.04 Å². The number of aliphatic hydroxyl groups excluding tert-OH is 1. The van der Waals surface area contributed by atoms with E-state index in [0.29, 0.717) is 12.1 Å². The summed E-state index contributed by atoms with van der Waals surface area (Å²) < 4.78 is 0. The van der Waals surface area contributed by atoms with E-state index in [4.69, 9.17) is 5.21 Å². The second kappa shape index (κ2) is 10.9. The van der Waals surface area contributed by atoms with E-state index in [2.05, 4.69) is 16.0 Å². The van der Waals surface area contributed by atoms with E-state index in [9.17, 15) is 19.5 Å². The van der Waals surface area contributed by atoms with Gasteiger partial charge in [0, 0.05) is 17.8 Å². The summed E-state index contributed by atoms with van der Waals surface area (Å²) in [5.41, 5.74) is 4.24. The first-order valence-corrected chi connectivity index (χ1v) is 10.5. The van der Waals surface area contributed by atoms with Crippen molar-refractivity contribution in [2.45, 2.75) is 31.9 Å². The average molecular weight is 441 g/mol. The van der Waals surface area contributed by atoms with Crippen LogP contribution in [0.5, 0.6) is 0 Å². The third-order valence-electron chi connectivity index (χ3n) is 5.46. The van der Waals surface area contributed by atoms with Gasteiger partial charge in [0.25, 0.3) is 11.8 Å². The molecule has 0 bridgehead atoms. The van der Waals surface area contributed by atoms with Gasteiger partial charge in [-0.25, -0.2) is 5.48 Å². The maximum Gasteiger partial charge on any atom is 0.268 e. The van der Waals surface area contributed by atoms with Crippen molar-refractivity contribution in [1.82, 2.24) is 16.1 Å². The van der Waals surface area contributed by atoms with Crippen LogP contribution < -0.4 is 21.4 Å². The molecule has 1 saturated heterocycles. The highest BCUT2D eigenvalue weighted by Gasteiger charge is 2.25. The highest BCUT2D eigenvalue weighted by Crippen LogP contribution is 2.23. The standard InChI is InChI=1S/C23H28N4O5/c1-14(28)20(23(31)27-32)26-21(29)17-6-4-15(5-7-17)16-8-10-19(11-9-16)25-22(30)18-3-2-12-24-13-18/h4-11,14,18,20,24,28,32H,2-3,12-13H2,1H3,(H,25,30)(H,26,29)(H,27,31)/t14-,18?,20+/m1/s1. The number of piperidine rings is 1. The van der Waals surface area contributed by atoms with Crippen molar-refractivity contribution in [2.24, 2.45) is 5.92 Å². The van der Waals surface area contributed by atoms with Crippen molar-refractivity contribution >= 4 is 23.4 Å². The van der Waals surface area contributed by atoms with Crippen LogP contribution in [0.3, 0.4) is 0 Å². The average Bonchev–Trinajstić information content (AvgIpc) is 2.83. The molecule has 1 aliphatic rings. The molecule has 0 spiro atoms. The highest BCUT2D eigenvalue weighted by atomic mass is 16.5. The number of hydrogen-bond donors (Lipinski definition) is 6. The van der Waals surface area contributed by atoms with Crippen LogP contribution in [0.1, 0.15) is 30.1 Å². The third kappa shape index (κ3) is 5.91. The quantitative estimate of drug-likeness (QED) is 0.283. The second-order valence-corrected chi connectivity index (χ2v) is 7.86. The van der Waals surface area contributed by atoms with Gasteiger partial charge in [0.2, 0.25) is 5.91 Å². The summed E-state index contributed by atoms with van der Waals surface area (Å²) in [4.78, 5) is 36.3. The molecule has 0 aromatic heterocycles. The van der Waals surface area contributed by atoms with Crippen molar-refractivity contribution in [1.29, 1.82) is 0 Å². The summed E-state index contributed by atoms with van der Waals surface area (Å²) in [6.07, 6.45) is 0.706. The summed E-state index contributed by atoms with van der Waals surface area (Å²) in [5, 5.41) is 27.0. The smallest absolute Gasteiger partial charge is 0.268 e. The van der Waals surface area contributed by atoms with Crippen molar-refractivity contribution in [3.05, 3.63) is 54.1 Å². The molecule has 9 heteroatoms. The molecule has 32 heavy (non-hydrogen) atoms. The van der Waals surface area contributed by atoms with E-state index >= 15 is 0 Å². The lowest BCUT2D eigenvalue weighted by molar-refractivity contribution is -0.133. The topological polar surface area (TPSA) is 140 Å². The molecule has 6 N–H and O–H groups in total. The maximum atomic E-state index is 12.4. The third-order valence-corrected chi connectivity index (χ3v) is 5.46. The van der Waals surface area contributed by atoms with Gasteiger partial charge in [-0.3, -0.25) is 19.6 Å². The normalized spacial score (nSPS) is 17.7. The van der Waals surface area contributed by atoms with E-state index in [1.807, 2.05) is 24.3 Å².